The van der Waals surface area contributed by atoms with Crippen molar-refractivity contribution in [3.05, 3.63) is 0 Å². The van der Waals surface area contributed by atoms with Crippen LogP contribution < -0.4 is 10.6 Å². The Balaban J connectivity index is 2.58. The lowest BCUT2D eigenvalue weighted by atomic mass is 9.99. The van der Waals surface area contributed by atoms with Gasteiger partial charge >= 0.3 is 5.97 Å². The third-order valence-corrected chi connectivity index (χ3v) is 3.34. The highest BCUT2D eigenvalue weighted by atomic mass is 16.5. The van der Waals surface area contributed by atoms with Gasteiger partial charge in [-0.3, -0.25) is 4.79 Å². The summed E-state index contributed by atoms with van der Waals surface area (Å²) < 4.78 is 4.72. The average Bonchev–Trinajstić information content (AvgIpc) is 2.87. The molecule has 1 aliphatic rings. The van der Waals surface area contributed by atoms with Crippen LogP contribution in [0.4, 0.5) is 0 Å². The van der Waals surface area contributed by atoms with Gasteiger partial charge in [-0.05, 0) is 25.3 Å². The lowest BCUT2D eigenvalue weighted by molar-refractivity contribution is -0.146. The van der Waals surface area contributed by atoms with Crippen molar-refractivity contribution in [2.45, 2.75) is 45.2 Å². The standard InChI is InChI=1S/C12H22N2O3/c1-4-8(2)10(12(16)17-3)14-11(15)9-6-5-7-13-9/h8-10,13H,4-7H2,1-3H3,(H,14,15). The van der Waals surface area contributed by atoms with Crippen LogP contribution in [0.1, 0.15) is 33.1 Å². The molecule has 3 atom stereocenters. The predicted octanol–water partition coefficient (Wildman–Crippen LogP) is 0.442. The third-order valence-electron chi connectivity index (χ3n) is 3.34. The summed E-state index contributed by atoms with van der Waals surface area (Å²) in [7, 11) is 1.34. The molecular weight excluding hydrogens is 220 g/mol. The fourth-order valence-corrected chi connectivity index (χ4v) is 1.96. The zero-order chi connectivity index (χ0) is 12.8. The Labute approximate surface area is 102 Å². The molecule has 0 aromatic rings. The monoisotopic (exact) mass is 242 g/mol. The fourth-order valence-electron chi connectivity index (χ4n) is 1.96. The Morgan fingerprint density at radius 1 is 1.53 bits per heavy atom. The van der Waals surface area contributed by atoms with E-state index in [1.807, 2.05) is 13.8 Å². The van der Waals surface area contributed by atoms with Gasteiger partial charge in [0.25, 0.3) is 0 Å². The van der Waals surface area contributed by atoms with Crippen LogP contribution in [0.5, 0.6) is 0 Å². The summed E-state index contributed by atoms with van der Waals surface area (Å²) >= 11 is 0. The molecule has 0 radical (unpaired) electrons. The van der Waals surface area contributed by atoms with E-state index in [4.69, 9.17) is 4.74 Å². The van der Waals surface area contributed by atoms with Gasteiger partial charge in [0.05, 0.1) is 13.2 Å². The number of carbonyl (C=O) groups excluding carboxylic acids is 2. The first-order chi connectivity index (χ1) is 8.10. The normalized spacial score (nSPS) is 22.9. The van der Waals surface area contributed by atoms with Gasteiger partial charge in [0, 0.05) is 0 Å². The average molecular weight is 242 g/mol. The predicted molar refractivity (Wildman–Crippen MR) is 64.4 cm³/mol. The Morgan fingerprint density at radius 3 is 2.71 bits per heavy atom. The molecule has 2 N–H and O–H groups in total. The third kappa shape index (κ3) is 3.70. The van der Waals surface area contributed by atoms with E-state index in [0.29, 0.717) is 0 Å². The topological polar surface area (TPSA) is 67.4 Å². The van der Waals surface area contributed by atoms with E-state index in [2.05, 4.69) is 10.6 Å². The minimum absolute atomic E-state index is 0.0767. The number of rotatable bonds is 5. The number of ether oxygens (including phenoxy) is 1. The lowest BCUT2D eigenvalue weighted by Crippen LogP contribution is -2.51. The summed E-state index contributed by atoms with van der Waals surface area (Å²) in [6.07, 6.45) is 2.66. The Kier molecular flexibility index (Phi) is 5.41. The van der Waals surface area contributed by atoms with Gasteiger partial charge in [-0.15, -0.1) is 0 Å². The number of amides is 1. The van der Waals surface area contributed by atoms with Crippen LogP contribution in [0.15, 0.2) is 0 Å². The molecule has 0 bridgehead atoms. The first-order valence-electron chi connectivity index (χ1n) is 6.21. The van der Waals surface area contributed by atoms with Gasteiger partial charge in [0.1, 0.15) is 6.04 Å². The summed E-state index contributed by atoms with van der Waals surface area (Å²) in [5.74, 6) is -0.392. The second kappa shape index (κ2) is 6.59. The fraction of sp³-hybridized carbons (Fsp3) is 0.833. The van der Waals surface area contributed by atoms with Crippen LogP contribution in [0.3, 0.4) is 0 Å². The van der Waals surface area contributed by atoms with Crippen LogP contribution in [0.25, 0.3) is 0 Å². The number of hydrogen-bond acceptors (Lipinski definition) is 4. The van der Waals surface area contributed by atoms with E-state index in [0.717, 1.165) is 25.8 Å². The molecule has 0 aromatic carbocycles. The summed E-state index contributed by atoms with van der Waals surface area (Å²) in [4.78, 5) is 23.5. The zero-order valence-electron chi connectivity index (χ0n) is 10.8. The molecule has 1 heterocycles. The first kappa shape index (κ1) is 14.0. The summed E-state index contributed by atoms with van der Waals surface area (Å²) in [5.41, 5.74) is 0. The second-order valence-electron chi connectivity index (χ2n) is 4.54. The number of methoxy groups -OCH3 is 1. The van der Waals surface area contributed by atoms with Gasteiger partial charge in [-0.1, -0.05) is 20.3 Å². The molecule has 17 heavy (non-hydrogen) atoms. The van der Waals surface area contributed by atoms with E-state index in [1.54, 1.807) is 0 Å². The van der Waals surface area contributed by atoms with Crippen molar-refractivity contribution in [2.75, 3.05) is 13.7 Å². The molecule has 1 amide bonds. The van der Waals surface area contributed by atoms with Crippen LogP contribution >= 0.6 is 0 Å². The largest absolute Gasteiger partial charge is 0.467 e. The van der Waals surface area contributed by atoms with Gasteiger partial charge in [-0.25, -0.2) is 4.79 Å². The first-order valence-corrected chi connectivity index (χ1v) is 6.21. The van der Waals surface area contributed by atoms with E-state index in [1.165, 1.54) is 7.11 Å². The molecule has 5 nitrogen and oxygen atoms in total. The van der Waals surface area contributed by atoms with Crippen molar-refractivity contribution in [3.63, 3.8) is 0 Å². The highest BCUT2D eigenvalue weighted by molar-refractivity contribution is 5.87. The lowest BCUT2D eigenvalue weighted by Gasteiger charge is -2.23. The SMILES string of the molecule is CCC(C)C(NC(=O)C1CCCN1)C(=O)OC. The molecule has 1 fully saturated rings. The minimum Gasteiger partial charge on any atom is -0.467 e. The van der Waals surface area contributed by atoms with E-state index in [9.17, 15) is 9.59 Å². The maximum Gasteiger partial charge on any atom is 0.328 e. The van der Waals surface area contributed by atoms with Crippen molar-refractivity contribution in [2.24, 2.45) is 5.92 Å². The Hall–Kier alpha value is -1.10. The van der Waals surface area contributed by atoms with E-state index < -0.39 is 6.04 Å². The molecular formula is C12H22N2O3. The molecule has 0 aromatic heterocycles. The van der Waals surface area contributed by atoms with E-state index >= 15 is 0 Å². The van der Waals surface area contributed by atoms with Gasteiger partial charge < -0.3 is 15.4 Å². The number of esters is 1. The number of nitrogens with one attached hydrogen (secondary N) is 2. The summed E-state index contributed by atoms with van der Waals surface area (Å²) in [6.45, 7) is 4.79. The Morgan fingerprint density at radius 2 is 2.24 bits per heavy atom. The maximum absolute atomic E-state index is 11.9. The molecule has 1 rings (SSSR count). The molecule has 1 saturated heterocycles. The van der Waals surface area contributed by atoms with Crippen molar-refractivity contribution in [1.29, 1.82) is 0 Å². The quantitative estimate of drug-likeness (QED) is 0.687. The minimum atomic E-state index is -0.542. The van der Waals surface area contributed by atoms with Crippen LogP contribution in [0.2, 0.25) is 0 Å². The van der Waals surface area contributed by atoms with Crippen LogP contribution in [-0.2, 0) is 14.3 Å². The highest BCUT2D eigenvalue weighted by Gasteiger charge is 2.30. The van der Waals surface area contributed by atoms with Crippen LogP contribution in [0, 0.1) is 5.92 Å². The highest BCUT2D eigenvalue weighted by Crippen LogP contribution is 2.11. The van der Waals surface area contributed by atoms with Crippen molar-refractivity contribution in [1.82, 2.24) is 10.6 Å². The smallest absolute Gasteiger partial charge is 0.328 e. The molecule has 3 unspecified atom stereocenters. The van der Waals surface area contributed by atoms with Crippen molar-refractivity contribution >= 4 is 11.9 Å². The molecule has 5 heteroatoms. The molecule has 0 saturated carbocycles. The van der Waals surface area contributed by atoms with Gasteiger partial charge in [0.15, 0.2) is 0 Å². The molecule has 98 valence electrons. The van der Waals surface area contributed by atoms with Crippen molar-refractivity contribution in [3.8, 4) is 0 Å². The number of carbonyl (C=O) groups is 2. The molecule has 0 aliphatic carbocycles. The molecule has 1 aliphatic heterocycles. The Bertz CT molecular complexity index is 275. The maximum atomic E-state index is 11.9. The summed E-state index contributed by atoms with van der Waals surface area (Å²) in [6, 6.07) is -0.703. The van der Waals surface area contributed by atoms with Gasteiger partial charge in [0.2, 0.25) is 5.91 Å². The zero-order valence-corrected chi connectivity index (χ0v) is 10.8. The van der Waals surface area contributed by atoms with E-state index in [-0.39, 0.29) is 23.8 Å². The molecule has 0 spiro atoms. The summed E-state index contributed by atoms with van der Waals surface area (Å²) in [5, 5.41) is 5.90. The van der Waals surface area contributed by atoms with Gasteiger partial charge in [-0.2, -0.15) is 0 Å². The van der Waals surface area contributed by atoms with Crippen molar-refractivity contribution < 1.29 is 14.3 Å². The number of hydrogen-bond donors (Lipinski definition) is 2. The van der Waals surface area contributed by atoms with Crippen LogP contribution in [-0.4, -0.2) is 37.6 Å². The second-order valence-corrected chi connectivity index (χ2v) is 4.54.